The minimum Gasteiger partial charge on any atom is -0.494 e. The van der Waals surface area contributed by atoms with Crippen LogP contribution in [0.2, 0.25) is 0 Å². The molecule has 4 N–H and O–H groups in total. The van der Waals surface area contributed by atoms with Crippen LogP contribution in [0.4, 0.5) is 11.4 Å². The molecule has 4 aromatic rings. The van der Waals surface area contributed by atoms with Crippen LogP contribution in [-0.4, -0.2) is 30.9 Å². The molecule has 164 valence electrons. The monoisotopic (exact) mass is 452 g/mol. The summed E-state index contributed by atoms with van der Waals surface area (Å²) in [5, 5.41) is 2.73. The topological polar surface area (TPSA) is 133 Å². The molecule has 0 aliphatic heterocycles. The summed E-state index contributed by atoms with van der Waals surface area (Å²) in [5.74, 6) is 0.149. The number of ether oxygens (including phenoxy) is 1. The van der Waals surface area contributed by atoms with Gasteiger partial charge in [-0.3, -0.25) is 9.52 Å². The average molecular weight is 452 g/mol. The second-order valence-corrected chi connectivity index (χ2v) is 8.57. The minimum atomic E-state index is -3.84. The number of hydrogen-bond acceptors (Lipinski definition) is 5. The van der Waals surface area contributed by atoms with Crippen molar-refractivity contribution in [3.8, 4) is 5.75 Å². The number of aromatic nitrogens is 2. The minimum absolute atomic E-state index is 0.0737. The Labute approximate surface area is 183 Å². The molecule has 0 spiro atoms. The Balaban J connectivity index is 1.50. The van der Waals surface area contributed by atoms with E-state index in [1.807, 2.05) is 6.92 Å². The summed E-state index contributed by atoms with van der Waals surface area (Å²) in [6, 6.07) is 17.2. The number of carbonyl (C=O) groups is 1. The number of rotatable bonds is 7. The molecule has 0 radical (unpaired) electrons. The molecule has 10 heteroatoms. The molecule has 4 rings (SSSR count). The highest BCUT2D eigenvalue weighted by molar-refractivity contribution is 7.92. The number of H-pyrrole nitrogens is 2. The van der Waals surface area contributed by atoms with E-state index in [1.165, 1.54) is 18.2 Å². The van der Waals surface area contributed by atoms with Crippen molar-refractivity contribution in [1.29, 1.82) is 0 Å². The van der Waals surface area contributed by atoms with Gasteiger partial charge in [-0.2, -0.15) is 0 Å². The van der Waals surface area contributed by atoms with Crippen molar-refractivity contribution in [2.75, 3.05) is 16.6 Å². The van der Waals surface area contributed by atoms with Crippen molar-refractivity contribution < 1.29 is 17.9 Å². The molecule has 1 aromatic heterocycles. The summed E-state index contributed by atoms with van der Waals surface area (Å²) in [7, 11) is -3.84. The van der Waals surface area contributed by atoms with E-state index in [4.69, 9.17) is 4.74 Å². The van der Waals surface area contributed by atoms with Crippen molar-refractivity contribution in [2.45, 2.75) is 11.8 Å². The molecule has 1 heterocycles. The third-order valence-corrected chi connectivity index (χ3v) is 5.99. The fourth-order valence-electron chi connectivity index (χ4n) is 3.13. The molecule has 0 saturated carbocycles. The molecule has 32 heavy (non-hydrogen) atoms. The molecule has 3 aromatic carbocycles. The average Bonchev–Trinajstić information content (AvgIpc) is 3.13. The van der Waals surface area contributed by atoms with Gasteiger partial charge < -0.3 is 20.0 Å². The number of imidazole rings is 1. The maximum Gasteiger partial charge on any atom is 0.323 e. The summed E-state index contributed by atoms with van der Waals surface area (Å²) in [4.78, 5) is 29.4. The molecular formula is C22H20N4O5S. The maximum absolute atomic E-state index is 12.7. The number of sulfonamides is 1. The van der Waals surface area contributed by atoms with Crippen molar-refractivity contribution in [2.24, 2.45) is 0 Å². The Morgan fingerprint density at radius 2 is 1.69 bits per heavy atom. The third kappa shape index (κ3) is 4.65. The molecule has 0 atom stereocenters. The van der Waals surface area contributed by atoms with Gasteiger partial charge in [0.15, 0.2) is 0 Å². The lowest BCUT2D eigenvalue weighted by Crippen LogP contribution is -2.15. The number of aromatic amines is 2. The summed E-state index contributed by atoms with van der Waals surface area (Å²) >= 11 is 0. The number of anilines is 2. The van der Waals surface area contributed by atoms with Gasteiger partial charge in [-0.15, -0.1) is 0 Å². The first-order valence-electron chi connectivity index (χ1n) is 9.73. The number of benzene rings is 3. The second-order valence-electron chi connectivity index (χ2n) is 6.88. The van der Waals surface area contributed by atoms with E-state index in [0.29, 0.717) is 29.1 Å². The van der Waals surface area contributed by atoms with E-state index in [0.717, 1.165) is 0 Å². The molecule has 0 unspecified atom stereocenters. The SMILES string of the molecule is CCOc1ccc(S(=O)(=O)Nc2cccc(C(=O)Nc3ccc4[nH]c(=O)[nH]c4c3)c2)cc1. The van der Waals surface area contributed by atoms with Crippen molar-refractivity contribution in [3.63, 3.8) is 0 Å². The van der Waals surface area contributed by atoms with Gasteiger partial charge in [0.2, 0.25) is 0 Å². The molecule has 0 bridgehead atoms. The van der Waals surface area contributed by atoms with E-state index in [1.54, 1.807) is 48.5 Å². The fourth-order valence-corrected chi connectivity index (χ4v) is 4.18. The molecule has 0 aliphatic rings. The van der Waals surface area contributed by atoms with Crippen molar-refractivity contribution in [3.05, 3.63) is 82.8 Å². The van der Waals surface area contributed by atoms with Gasteiger partial charge in [-0.1, -0.05) is 6.07 Å². The van der Waals surface area contributed by atoms with Crippen LogP contribution in [0.1, 0.15) is 17.3 Å². The zero-order valence-corrected chi connectivity index (χ0v) is 17.8. The van der Waals surface area contributed by atoms with E-state index in [-0.39, 0.29) is 21.8 Å². The van der Waals surface area contributed by atoms with Gasteiger partial charge in [0.1, 0.15) is 5.75 Å². The molecule has 9 nitrogen and oxygen atoms in total. The lowest BCUT2D eigenvalue weighted by molar-refractivity contribution is 0.102. The van der Waals surface area contributed by atoms with Gasteiger partial charge in [0, 0.05) is 16.9 Å². The molecular weight excluding hydrogens is 432 g/mol. The first kappa shape index (κ1) is 21.2. The smallest absolute Gasteiger partial charge is 0.323 e. The Hall–Kier alpha value is -4.05. The van der Waals surface area contributed by atoms with E-state index < -0.39 is 15.9 Å². The Morgan fingerprint density at radius 1 is 0.938 bits per heavy atom. The number of nitrogens with one attached hydrogen (secondary N) is 4. The number of amides is 1. The number of carbonyl (C=O) groups excluding carboxylic acids is 1. The summed E-state index contributed by atoms with van der Waals surface area (Å²) in [5.41, 5.74) is 1.84. The highest BCUT2D eigenvalue weighted by Gasteiger charge is 2.16. The predicted molar refractivity (Wildman–Crippen MR) is 122 cm³/mol. The van der Waals surface area contributed by atoms with Crippen LogP contribution in [0.15, 0.2) is 76.4 Å². The third-order valence-electron chi connectivity index (χ3n) is 4.60. The normalized spacial score (nSPS) is 11.3. The number of fused-ring (bicyclic) bond motifs is 1. The highest BCUT2D eigenvalue weighted by atomic mass is 32.2. The van der Waals surface area contributed by atoms with E-state index in [9.17, 15) is 18.0 Å². The first-order valence-corrected chi connectivity index (χ1v) is 11.2. The largest absolute Gasteiger partial charge is 0.494 e. The van der Waals surface area contributed by atoms with Crippen LogP contribution in [0.25, 0.3) is 11.0 Å². The summed E-state index contributed by atoms with van der Waals surface area (Å²) in [6.45, 7) is 2.32. The quantitative estimate of drug-likeness (QED) is 0.341. The maximum atomic E-state index is 12.7. The van der Waals surface area contributed by atoms with Gasteiger partial charge in [-0.05, 0) is 67.6 Å². The van der Waals surface area contributed by atoms with Gasteiger partial charge in [-0.25, -0.2) is 13.2 Å². The zero-order valence-electron chi connectivity index (χ0n) is 17.0. The van der Waals surface area contributed by atoms with Gasteiger partial charge >= 0.3 is 5.69 Å². The van der Waals surface area contributed by atoms with E-state index >= 15 is 0 Å². The zero-order chi connectivity index (χ0) is 22.7. The van der Waals surface area contributed by atoms with E-state index in [2.05, 4.69) is 20.0 Å². The first-order chi connectivity index (χ1) is 15.3. The molecule has 0 aliphatic carbocycles. The lowest BCUT2D eigenvalue weighted by atomic mass is 10.2. The Morgan fingerprint density at radius 3 is 2.44 bits per heavy atom. The highest BCUT2D eigenvalue weighted by Crippen LogP contribution is 2.21. The van der Waals surface area contributed by atoms with Gasteiger partial charge in [0.05, 0.1) is 22.5 Å². The van der Waals surface area contributed by atoms with Crippen LogP contribution in [0, 0.1) is 0 Å². The molecule has 0 fully saturated rings. The Bertz CT molecular complexity index is 1440. The summed E-state index contributed by atoms with van der Waals surface area (Å²) in [6.07, 6.45) is 0. The predicted octanol–water partition coefficient (Wildman–Crippen LogP) is 3.31. The van der Waals surface area contributed by atoms with Crippen LogP contribution in [0.3, 0.4) is 0 Å². The lowest BCUT2D eigenvalue weighted by Gasteiger charge is -2.11. The van der Waals surface area contributed by atoms with Gasteiger partial charge in [0.25, 0.3) is 15.9 Å². The van der Waals surface area contributed by atoms with Crippen LogP contribution >= 0.6 is 0 Å². The summed E-state index contributed by atoms with van der Waals surface area (Å²) < 4.78 is 33.2. The molecule has 1 amide bonds. The molecule has 0 saturated heterocycles. The number of hydrogen-bond donors (Lipinski definition) is 4. The van der Waals surface area contributed by atoms with Crippen LogP contribution in [0.5, 0.6) is 5.75 Å². The van der Waals surface area contributed by atoms with Crippen LogP contribution < -0.4 is 20.5 Å². The second kappa shape index (κ2) is 8.60. The van der Waals surface area contributed by atoms with Crippen molar-refractivity contribution >= 4 is 38.3 Å². The standard InChI is InChI=1S/C22H20N4O5S/c1-2-31-17-7-9-18(10-8-17)32(29,30)26-16-5-3-4-14(12-16)21(27)23-15-6-11-19-20(13-15)25-22(28)24-19/h3-13,26H,2H2,1H3,(H,23,27)(H2,24,25,28). The Kier molecular flexibility index (Phi) is 5.69. The van der Waals surface area contributed by atoms with Crippen LogP contribution in [-0.2, 0) is 10.0 Å². The van der Waals surface area contributed by atoms with Crippen molar-refractivity contribution in [1.82, 2.24) is 9.97 Å². The fraction of sp³-hybridized carbons (Fsp3) is 0.0909.